The highest BCUT2D eigenvalue weighted by Gasteiger charge is 2.53. The van der Waals surface area contributed by atoms with Crippen molar-refractivity contribution in [2.75, 3.05) is 0 Å². The molecule has 2 nitrogen and oxygen atoms in total. The van der Waals surface area contributed by atoms with Crippen LogP contribution in [0.1, 0.15) is 46.5 Å². The van der Waals surface area contributed by atoms with E-state index in [4.69, 9.17) is 4.43 Å². The van der Waals surface area contributed by atoms with Crippen molar-refractivity contribution in [3.8, 4) is 0 Å². The average molecular weight is 379 g/mol. The number of carbonyl (C=O) groups is 1. The molecule has 2 aliphatic rings. The van der Waals surface area contributed by atoms with Gasteiger partial charge in [0, 0.05) is 18.9 Å². The quantitative estimate of drug-likeness (QED) is 0.741. The van der Waals surface area contributed by atoms with Crippen molar-refractivity contribution in [3.05, 3.63) is 60.7 Å². The Bertz CT molecular complexity index is 739. The van der Waals surface area contributed by atoms with Crippen LogP contribution >= 0.6 is 0 Å². The monoisotopic (exact) mass is 378 g/mol. The second-order valence-corrected chi connectivity index (χ2v) is 13.6. The molecule has 0 spiro atoms. The Morgan fingerprint density at radius 2 is 1.26 bits per heavy atom. The minimum absolute atomic E-state index is 0.0171. The van der Waals surface area contributed by atoms with E-state index in [1.807, 2.05) is 0 Å². The zero-order valence-electron chi connectivity index (χ0n) is 16.7. The maximum atomic E-state index is 11.8. The van der Waals surface area contributed by atoms with E-state index in [-0.39, 0.29) is 11.1 Å². The summed E-state index contributed by atoms with van der Waals surface area (Å²) in [5.74, 6) is 1.54. The Labute approximate surface area is 164 Å². The summed E-state index contributed by atoms with van der Waals surface area (Å²) in [7, 11) is -2.46. The van der Waals surface area contributed by atoms with Crippen LogP contribution in [-0.4, -0.2) is 20.2 Å². The van der Waals surface area contributed by atoms with Gasteiger partial charge in [0.1, 0.15) is 5.78 Å². The lowest BCUT2D eigenvalue weighted by Crippen LogP contribution is -2.67. The van der Waals surface area contributed by atoms with E-state index < -0.39 is 8.32 Å². The van der Waals surface area contributed by atoms with Gasteiger partial charge >= 0.3 is 0 Å². The molecule has 0 saturated heterocycles. The minimum atomic E-state index is -2.46. The van der Waals surface area contributed by atoms with Crippen LogP contribution < -0.4 is 10.4 Å². The van der Waals surface area contributed by atoms with Gasteiger partial charge in [0.25, 0.3) is 8.32 Å². The molecule has 4 rings (SSSR count). The number of fused-ring (bicyclic) bond motifs is 1. The van der Waals surface area contributed by atoms with Crippen LogP contribution in [0.25, 0.3) is 0 Å². The summed E-state index contributed by atoms with van der Waals surface area (Å²) in [6, 6.07) is 21.7. The molecule has 3 heteroatoms. The molecule has 0 aliphatic heterocycles. The van der Waals surface area contributed by atoms with Gasteiger partial charge in [-0.15, -0.1) is 0 Å². The van der Waals surface area contributed by atoms with E-state index in [1.165, 1.54) is 10.4 Å². The zero-order chi connectivity index (χ0) is 19.1. The normalized spacial score (nSPS) is 25.6. The van der Waals surface area contributed by atoms with Crippen LogP contribution in [-0.2, 0) is 9.22 Å². The van der Waals surface area contributed by atoms with Crippen molar-refractivity contribution in [1.29, 1.82) is 0 Å². The van der Waals surface area contributed by atoms with Crippen molar-refractivity contribution in [2.45, 2.75) is 57.6 Å². The summed E-state index contributed by atoms with van der Waals surface area (Å²) in [4.78, 5) is 11.8. The molecular weight excluding hydrogens is 348 g/mol. The van der Waals surface area contributed by atoms with Gasteiger partial charge in [0.15, 0.2) is 0 Å². The average Bonchev–Trinajstić information content (AvgIpc) is 3.16. The number of rotatable bonds is 4. The number of carbonyl (C=O) groups excluding carboxylic acids is 1. The largest absolute Gasteiger partial charge is 0.404 e. The summed E-state index contributed by atoms with van der Waals surface area (Å²) >= 11 is 0. The third kappa shape index (κ3) is 3.32. The maximum absolute atomic E-state index is 11.8. The summed E-state index contributed by atoms with van der Waals surface area (Å²) in [6.45, 7) is 7.00. The molecule has 2 aromatic carbocycles. The SMILES string of the molecule is CC(C)(C)[Si](OC1CC2CC(=O)CC2C1)(c1ccccc1)c1ccccc1. The molecule has 2 fully saturated rings. The number of ketones is 1. The maximum Gasteiger partial charge on any atom is 0.261 e. The number of hydrogen-bond acceptors (Lipinski definition) is 2. The molecule has 142 valence electrons. The molecule has 0 heterocycles. The Morgan fingerprint density at radius 3 is 1.67 bits per heavy atom. The number of hydrogen-bond donors (Lipinski definition) is 0. The Balaban J connectivity index is 1.75. The van der Waals surface area contributed by atoms with E-state index in [0.717, 1.165) is 25.7 Å². The van der Waals surface area contributed by atoms with Crippen LogP contribution in [0, 0.1) is 11.8 Å². The molecule has 2 saturated carbocycles. The van der Waals surface area contributed by atoms with Crippen molar-refractivity contribution < 1.29 is 9.22 Å². The van der Waals surface area contributed by atoms with Gasteiger partial charge in [0.05, 0.1) is 0 Å². The van der Waals surface area contributed by atoms with Crippen molar-refractivity contribution in [2.24, 2.45) is 11.8 Å². The molecule has 0 bridgehead atoms. The molecule has 0 radical (unpaired) electrons. The molecule has 27 heavy (non-hydrogen) atoms. The van der Waals surface area contributed by atoms with Gasteiger partial charge in [-0.05, 0) is 40.1 Å². The molecule has 0 aromatic heterocycles. The predicted octanol–water partition coefficient (Wildman–Crippen LogP) is 4.32. The predicted molar refractivity (Wildman–Crippen MR) is 113 cm³/mol. The summed E-state index contributed by atoms with van der Waals surface area (Å²) in [6.07, 6.45) is 3.89. The smallest absolute Gasteiger partial charge is 0.261 e. The van der Waals surface area contributed by atoms with Crippen LogP contribution in [0.15, 0.2) is 60.7 Å². The lowest BCUT2D eigenvalue weighted by molar-refractivity contribution is -0.118. The highest BCUT2D eigenvalue weighted by Crippen LogP contribution is 2.46. The first-order valence-corrected chi connectivity index (χ1v) is 12.1. The first-order valence-electron chi connectivity index (χ1n) is 10.2. The van der Waals surface area contributed by atoms with Crippen molar-refractivity contribution in [3.63, 3.8) is 0 Å². The first-order chi connectivity index (χ1) is 12.9. The first kappa shape index (κ1) is 18.6. The van der Waals surface area contributed by atoms with Gasteiger partial charge in [-0.25, -0.2) is 0 Å². The number of Topliss-reactive ketones (excluding diaryl/α,β-unsaturated/α-hetero) is 1. The van der Waals surface area contributed by atoms with E-state index in [1.54, 1.807) is 0 Å². The molecule has 2 atom stereocenters. The van der Waals surface area contributed by atoms with Crippen molar-refractivity contribution >= 4 is 24.5 Å². The van der Waals surface area contributed by atoms with Crippen LogP contribution in [0.3, 0.4) is 0 Å². The van der Waals surface area contributed by atoms with Crippen molar-refractivity contribution in [1.82, 2.24) is 0 Å². The summed E-state index contributed by atoms with van der Waals surface area (Å²) in [5, 5.41) is 2.71. The van der Waals surface area contributed by atoms with E-state index in [9.17, 15) is 4.79 Å². The molecule has 2 aliphatic carbocycles. The summed E-state index contributed by atoms with van der Waals surface area (Å²) < 4.78 is 7.23. The van der Waals surface area contributed by atoms with E-state index >= 15 is 0 Å². The molecular formula is C24H30O2Si. The van der Waals surface area contributed by atoms with E-state index in [2.05, 4.69) is 81.4 Å². The fourth-order valence-electron chi connectivity index (χ4n) is 5.36. The second kappa shape index (κ2) is 7.03. The lowest BCUT2D eigenvalue weighted by atomic mass is 10.0. The molecule has 0 amide bonds. The van der Waals surface area contributed by atoms with Gasteiger partial charge in [-0.1, -0.05) is 81.4 Å². The third-order valence-corrected chi connectivity index (χ3v) is 11.6. The summed E-state index contributed by atoms with van der Waals surface area (Å²) in [5.41, 5.74) is 0. The van der Waals surface area contributed by atoms with Gasteiger partial charge in [-0.3, -0.25) is 4.79 Å². The highest BCUT2D eigenvalue weighted by atomic mass is 28.4. The molecule has 2 aromatic rings. The Morgan fingerprint density at radius 1 is 0.815 bits per heavy atom. The fourth-order valence-corrected chi connectivity index (χ4v) is 10.1. The fraction of sp³-hybridized carbons (Fsp3) is 0.458. The Kier molecular flexibility index (Phi) is 4.85. The number of benzene rings is 2. The minimum Gasteiger partial charge on any atom is -0.404 e. The van der Waals surface area contributed by atoms with Gasteiger partial charge < -0.3 is 4.43 Å². The lowest BCUT2D eigenvalue weighted by Gasteiger charge is -2.44. The molecule has 2 unspecified atom stereocenters. The van der Waals surface area contributed by atoms with E-state index in [0.29, 0.717) is 17.6 Å². The van der Waals surface area contributed by atoms with Crippen LogP contribution in [0.5, 0.6) is 0 Å². The molecule has 0 N–H and O–H groups in total. The van der Waals surface area contributed by atoms with Gasteiger partial charge in [0.2, 0.25) is 0 Å². The second-order valence-electron chi connectivity index (χ2n) is 9.34. The third-order valence-electron chi connectivity index (χ3n) is 6.54. The highest BCUT2D eigenvalue weighted by molar-refractivity contribution is 6.99. The van der Waals surface area contributed by atoms with Gasteiger partial charge in [-0.2, -0.15) is 0 Å². The topological polar surface area (TPSA) is 26.3 Å². The Hall–Kier alpha value is -1.71. The van der Waals surface area contributed by atoms with Crippen LogP contribution in [0.4, 0.5) is 0 Å². The van der Waals surface area contributed by atoms with Crippen LogP contribution in [0.2, 0.25) is 5.04 Å². The standard InChI is InChI=1S/C24H30O2Si/c1-24(2,3)27(22-10-6-4-7-11-22,23-12-8-5-9-13-23)26-21-16-18-14-20(25)15-19(18)17-21/h4-13,18-19,21H,14-17H2,1-3H3. The zero-order valence-corrected chi connectivity index (χ0v) is 17.7.